The van der Waals surface area contributed by atoms with Crippen molar-refractivity contribution in [2.24, 2.45) is 5.92 Å². The minimum atomic E-state index is -5.21. The number of Topliss-reactive ketones (excluding diaryl/α,β-unsaturated/α-hetero) is 1. The van der Waals surface area contributed by atoms with E-state index in [9.17, 15) is 27.6 Å². The van der Waals surface area contributed by atoms with E-state index in [0.717, 1.165) is 10.5 Å². The molecule has 2 aliphatic rings. The van der Waals surface area contributed by atoms with Crippen molar-refractivity contribution >= 4 is 17.6 Å². The number of nitrogens with zero attached hydrogens (tertiary/aromatic N) is 1. The van der Waals surface area contributed by atoms with Crippen LogP contribution in [0, 0.1) is 5.92 Å². The Hall–Kier alpha value is -3.42. The Morgan fingerprint density at radius 2 is 1.61 bits per heavy atom. The van der Waals surface area contributed by atoms with Crippen LogP contribution in [0.5, 0.6) is 0 Å². The van der Waals surface area contributed by atoms with Gasteiger partial charge in [0.25, 0.3) is 5.91 Å². The summed E-state index contributed by atoms with van der Waals surface area (Å²) >= 11 is 0. The van der Waals surface area contributed by atoms with Gasteiger partial charge in [0.05, 0.1) is 5.57 Å². The van der Waals surface area contributed by atoms with Crippen LogP contribution >= 0.6 is 0 Å². The number of amides is 2. The number of halogens is 3. The number of allylic oxidation sites excluding steroid dienone is 1. The molecule has 0 aromatic heterocycles. The molecule has 8 heteroatoms. The molecular weight excluding hydrogens is 433 g/mol. The third-order valence-corrected chi connectivity index (χ3v) is 6.12. The monoisotopic (exact) mass is 456 g/mol. The van der Waals surface area contributed by atoms with Gasteiger partial charge in [0.1, 0.15) is 0 Å². The molecule has 172 valence electrons. The summed E-state index contributed by atoms with van der Waals surface area (Å²) in [6.45, 7) is 1.27. The lowest BCUT2D eigenvalue weighted by molar-refractivity contribution is -0.193. The number of nitrogens with one attached hydrogen (secondary N) is 1. The fraction of sp³-hybridized carbons (Fsp3) is 0.320. The molecule has 0 spiro atoms. The van der Waals surface area contributed by atoms with E-state index in [-0.39, 0.29) is 17.8 Å². The van der Waals surface area contributed by atoms with Crippen LogP contribution in [-0.4, -0.2) is 40.8 Å². The molecule has 0 unspecified atom stereocenters. The summed E-state index contributed by atoms with van der Waals surface area (Å²) in [5.41, 5.74) is -3.41. The highest BCUT2D eigenvalue weighted by Crippen LogP contribution is 2.46. The maximum Gasteiger partial charge on any atom is 0.425 e. The number of alkyl halides is 3. The van der Waals surface area contributed by atoms with E-state index in [0.29, 0.717) is 19.3 Å². The van der Waals surface area contributed by atoms with Crippen LogP contribution in [0.3, 0.4) is 0 Å². The van der Waals surface area contributed by atoms with Gasteiger partial charge in [-0.3, -0.25) is 14.4 Å². The predicted octanol–water partition coefficient (Wildman–Crippen LogP) is 4.06. The molecule has 2 amide bonds. The second kappa shape index (κ2) is 8.50. The van der Waals surface area contributed by atoms with Crippen LogP contribution in [0.4, 0.5) is 13.2 Å². The first kappa shape index (κ1) is 22.8. The zero-order chi connectivity index (χ0) is 23.8. The van der Waals surface area contributed by atoms with Gasteiger partial charge in [0, 0.05) is 23.7 Å². The average molecular weight is 456 g/mol. The van der Waals surface area contributed by atoms with Crippen molar-refractivity contribution < 1.29 is 27.6 Å². The Morgan fingerprint density at radius 3 is 2.15 bits per heavy atom. The van der Waals surface area contributed by atoms with Gasteiger partial charge >= 0.3 is 6.18 Å². The number of carbonyl (C=O) groups excluding carboxylic acids is 3. The molecular formula is C25H23F3N2O3. The van der Waals surface area contributed by atoms with Gasteiger partial charge in [-0.1, -0.05) is 60.7 Å². The average Bonchev–Trinajstić information content (AvgIpc) is 3.61. The van der Waals surface area contributed by atoms with Crippen LogP contribution in [-0.2, 0) is 16.0 Å². The molecule has 1 atom stereocenters. The fourth-order valence-corrected chi connectivity index (χ4v) is 4.17. The summed E-state index contributed by atoms with van der Waals surface area (Å²) in [5, 5.41) is 1.97. The summed E-state index contributed by atoms with van der Waals surface area (Å²) in [6.07, 6.45) is -4.01. The Balaban J connectivity index is 1.80. The van der Waals surface area contributed by atoms with Crippen molar-refractivity contribution in [2.45, 2.75) is 37.9 Å². The molecule has 4 rings (SSSR count). The molecule has 5 nitrogen and oxygen atoms in total. The van der Waals surface area contributed by atoms with Crippen LogP contribution in [0.15, 0.2) is 71.9 Å². The highest BCUT2D eigenvalue weighted by atomic mass is 19.4. The second-order valence-electron chi connectivity index (χ2n) is 8.36. The first-order valence-corrected chi connectivity index (χ1v) is 10.7. The van der Waals surface area contributed by atoms with Crippen LogP contribution < -0.4 is 5.32 Å². The Labute approximate surface area is 189 Å². The molecule has 0 radical (unpaired) electrons. The van der Waals surface area contributed by atoms with Crippen LogP contribution in [0.1, 0.15) is 35.7 Å². The molecule has 1 aliphatic heterocycles. The standard InChI is InChI=1S/C25H23F3N2O3/c1-16-20(21(31)18-10-6-3-7-11-18)24(25(26,27)28,29-22(32)19-12-13-19)23(33)30(16)15-14-17-8-4-2-5-9-17/h2-11,19H,12-15H2,1H3,(H,29,32)/t24-/m1/s1. The fourth-order valence-electron chi connectivity index (χ4n) is 4.17. The largest absolute Gasteiger partial charge is 0.425 e. The SMILES string of the molecule is CC1=C(C(=O)c2ccccc2)[C@](NC(=O)C2CC2)(C(F)(F)F)C(=O)N1CCc1ccccc1. The van der Waals surface area contributed by atoms with Crippen molar-refractivity contribution in [1.29, 1.82) is 0 Å². The van der Waals surface area contributed by atoms with E-state index in [2.05, 4.69) is 0 Å². The maximum atomic E-state index is 14.7. The summed E-state index contributed by atoms with van der Waals surface area (Å²) in [7, 11) is 0. The normalized spacial score (nSPS) is 20.8. The molecule has 2 aromatic carbocycles. The van der Waals surface area contributed by atoms with Crippen molar-refractivity contribution in [3.05, 3.63) is 83.1 Å². The van der Waals surface area contributed by atoms with Gasteiger partial charge in [0.15, 0.2) is 5.78 Å². The van der Waals surface area contributed by atoms with Crippen molar-refractivity contribution in [3.8, 4) is 0 Å². The Bertz CT molecular complexity index is 1110. The number of hydrogen-bond donors (Lipinski definition) is 1. The Morgan fingerprint density at radius 1 is 1.03 bits per heavy atom. The van der Waals surface area contributed by atoms with E-state index < -0.39 is 40.8 Å². The number of carbonyl (C=O) groups is 3. The maximum absolute atomic E-state index is 14.7. The molecule has 1 heterocycles. The van der Waals surface area contributed by atoms with E-state index in [1.165, 1.54) is 31.2 Å². The van der Waals surface area contributed by atoms with Gasteiger partial charge < -0.3 is 10.2 Å². The molecule has 1 saturated carbocycles. The van der Waals surface area contributed by atoms with Gasteiger partial charge in [0.2, 0.25) is 11.4 Å². The van der Waals surface area contributed by atoms with Crippen molar-refractivity contribution in [1.82, 2.24) is 10.2 Å². The lowest BCUT2D eigenvalue weighted by Crippen LogP contribution is -2.66. The van der Waals surface area contributed by atoms with E-state index >= 15 is 0 Å². The van der Waals surface area contributed by atoms with Crippen LogP contribution in [0.2, 0.25) is 0 Å². The number of rotatable bonds is 7. The van der Waals surface area contributed by atoms with E-state index in [1.54, 1.807) is 18.2 Å². The first-order chi connectivity index (χ1) is 15.7. The second-order valence-corrected chi connectivity index (χ2v) is 8.36. The summed E-state index contributed by atoms with van der Waals surface area (Å²) in [5.74, 6) is -3.73. The topological polar surface area (TPSA) is 66.5 Å². The van der Waals surface area contributed by atoms with Gasteiger partial charge in [-0.15, -0.1) is 0 Å². The Kier molecular flexibility index (Phi) is 5.86. The van der Waals surface area contributed by atoms with E-state index in [1.807, 2.05) is 23.5 Å². The molecule has 1 N–H and O–H groups in total. The summed E-state index contributed by atoms with van der Waals surface area (Å²) < 4.78 is 44.1. The highest BCUT2D eigenvalue weighted by Gasteiger charge is 2.70. The predicted molar refractivity (Wildman–Crippen MR) is 115 cm³/mol. The number of ketones is 1. The number of hydrogen-bond acceptors (Lipinski definition) is 3. The third-order valence-electron chi connectivity index (χ3n) is 6.12. The van der Waals surface area contributed by atoms with Gasteiger partial charge in [-0.05, 0) is 31.7 Å². The summed E-state index contributed by atoms with van der Waals surface area (Å²) in [4.78, 5) is 40.3. The zero-order valence-corrected chi connectivity index (χ0v) is 18.0. The molecule has 1 fully saturated rings. The molecule has 0 bridgehead atoms. The molecule has 1 aliphatic carbocycles. The smallest absolute Gasteiger partial charge is 0.330 e. The van der Waals surface area contributed by atoms with Gasteiger partial charge in [-0.2, -0.15) is 13.2 Å². The zero-order valence-electron chi connectivity index (χ0n) is 18.0. The first-order valence-electron chi connectivity index (χ1n) is 10.7. The molecule has 0 saturated heterocycles. The minimum absolute atomic E-state index is 0.0128. The highest BCUT2D eigenvalue weighted by molar-refractivity contribution is 6.19. The van der Waals surface area contributed by atoms with Crippen molar-refractivity contribution in [2.75, 3.05) is 6.54 Å². The van der Waals surface area contributed by atoms with Crippen molar-refractivity contribution in [3.63, 3.8) is 0 Å². The van der Waals surface area contributed by atoms with E-state index in [4.69, 9.17) is 0 Å². The van der Waals surface area contributed by atoms with Gasteiger partial charge in [-0.25, -0.2) is 0 Å². The molecule has 33 heavy (non-hydrogen) atoms. The van der Waals surface area contributed by atoms with Crippen LogP contribution in [0.25, 0.3) is 0 Å². The lowest BCUT2D eigenvalue weighted by Gasteiger charge is -2.33. The quantitative estimate of drug-likeness (QED) is 0.640. The molecule has 2 aromatic rings. The lowest BCUT2D eigenvalue weighted by atomic mass is 9.84. The number of benzene rings is 2. The summed E-state index contributed by atoms with van der Waals surface area (Å²) in [6, 6.07) is 16.5. The third kappa shape index (κ3) is 4.05. The minimum Gasteiger partial charge on any atom is -0.330 e.